The Labute approximate surface area is 188 Å². The van der Waals surface area contributed by atoms with Gasteiger partial charge in [-0.2, -0.15) is 5.10 Å². The van der Waals surface area contributed by atoms with E-state index in [0.29, 0.717) is 17.3 Å². The Balaban J connectivity index is 1.80. The minimum Gasteiger partial charge on any atom is -0.462 e. The van der Waals surface area contributed by atoms with Crippen molar-refractivity contribution in [3.63, 3.8) is 0 Å². The molecule has 6 nitrogen and oxygen atoms in total. The fourth-order valence-electron chi connectivity index (χ4n) is 3.96. The molecule has 0 amide bonds. The van der Waals surface area contributed by atoms with Crippen LogP contribution >= 0.6 is 23.6 Å². The van der Waals surface area contributed by atoms with Crippen LogP contribution in [0.2, 0.25) is 0 Å². The molecule has 1 atom stereocenters. The number of esters is 1. The van der Waals surface area contributed by atoms with Gasteiger partial charge in [-0.25, -0.2) is 4.79 Å². The third-order valence-electron chi connectivity index (χ3n) is 5.50. The Morgan fingerprint density at radius 1 is 1.30 bits per heavy atom. The molecule has 2 aromatic rings. The molecule has 0 radical (unpaired) electrons. The van der Waals surface area contributed by atoms with Gasteiger partial charge in [-0.1, -0.05) is 12.8 Å². The Hall–Kier alpha value is -1.93. The minimum atomic E-state index is -0.256. The lowest BCUT2D eigenvalue weighted by molar-refractivity contribution is 0.0526. The average Bonchev–Trinajstić information content (AvgIpc) is 3.21. The Morgan fingerprint density at radius 3 is 2.70 bits per heavy atom. The first-order chi connectivity index (χ1) is 14.4. The van der Waals surface area contributed by atoms with Gasteiger partial charge in [0.1, 0.15) is 5.00 Å². The molecule has 0 saturated carbocycles. The minimum absolute atomic E-state index is 0.0114. The van der Waals surface area contributed by atoms with Gasteiger partial charge in [0.15, 0.2) is 5.11 Å². The van der Waals surface area contributed by atoms with Gasteiger partial charge in [0.05, 0.1) is 23.9 Å². The van der Waals surface area contributed by atoms with E-state index in [4.69, 9.17) is 17.0 Å². The molecule has 2 heterocycles. The number of nitrogens with one attached hydrogen (secondary N) is 2. The van der Waals surface area contributed by atoms with Crippen molar-refractivity contribution in [2.24, 2.45) is 0 Å². The zero-order valence-corrected chi connectivity index (χ0v) is 20.0. The molecule has 0 fully saturated rings. The second-order valence-corrected chi connectivity index (χ2v) is 9.20. The smallest absolute Gasteiger partial charge is 0.341 e. The van der Waals surface area contributed by atoms with E-state index in [-0.39, 0.29) is 12.0 Å². The quantitative estimate of drug-likeness (QED) is 0.470. The van der Waals surface area contributed by atoms with E-state index in [1.54, 1.807) is 11.3 Å². The van der Waals surface area contributed by atoms with Crippen molar-refractivity contribution in [3.05, 3.63) is 33.5 Å². The number of rotatable bonds is 6. The maximum absolute atomic E-state index is 12.8. The summed E-state index contributed by atoms with van der Waals surface area (Å²) in [7, 11) is 0. The van der Waals surface area contributed by atoms with E-state index in [1.807, 2.05) is 18.5 Å². The van der Waals surface area contributed by atoms with E-state index in [1.165, 1.54) is 17.7 Å². The molecule has 164 valence electrons. The van der Waals surface area contributed by atoms with E-state index >= 15 is 0 Å². The molecule has 0 saturated heterocycles. The highest BCUT2D eigenvalue weighted by atomic mass is 32.1. The number of aromatic nitrogens is 2. The lowest BCUT2D eigenvalue weighted by Crippen LogP contribution is -2.31. The molecule has 0 aromatic carbocycles. The van der Waals surface area contributed by atoms with E-state index in [0.717, 1.165) is 54.0 Å². The molecular weight excluding hydrogens is 416 g/mol. The molecule has 30 heavy (non-hydrogen) atoms. The molecular formula is C22H32N4O2S2. The van der Waals surface area contributed by atoms with Crippen molar-refractivity contribution < 1.29 is 9.53 Å². The molecule has 8 heteroatoms. The summed E-state index contributed by atoms with van der Waals surface area (Å²) in [5.41, 5.74) is 3.93. The summed E-state index contributed by atoms with van der Waals surface area (Å²) in [6.07, 6.45) is 8.72. The van der Waals surface area contributed by atoms with Crippen molar-refractivity contribution in [2.45, 2.75) is 78.8 Å². The van der Waals surface area contributed by atoms with Crippen LogP contribution < -0.4 is 10.6 Å². The van der Waals surface area contributed by atoms with Gasteiger partial charge in [0, 0.05) is 23.2 Å². The van der Waals surface area contributed by atoms with Crippen molar-refractivity contribution in [1.82, 2.24) is 15.1 Å². The average molecular weight is 449 g/mol. The van der Waals surface area contributed by atoms with Crippen LogP contribution in [-0.4, -0.2) is 27.5 Å². The number of carbonyl (C=O) groups is 1. The first kappa shape index (κ1) is 22.7. The molecule has 1 aliphatic carbocycles. The fourth-order valence-corrected chi connectivity index (χ4v) is 5.59. The van der Waals surface area contributed by atoms with Crippen molar-refractivity contribution in [2.75, 3.05) is 11.9 Å². The molecule has 0 bridgehead atoms. The number of ether oxygens (including phenoxy) is 1. The van der Waals surface area contributed by atoms with Gasteiger partial charge in [-0.15, -0.1) is 11.3 Å². The highest BCUT2D eigenvalue weighted by Gasteiger charge is 2.26. The van der Waals surface area contributed by atoms with Gasteiger partial charge < -0.3 is 15.4 Å². The van der Waals surface area contributed by atoms with Gasteiger partial charge >= 0.3 is 5.97 Å². The Bertz CT molecular complexity index is 903. The van der Waals surface area contributed by atoms with Crippen molar-refractivity contribution >= 4 is 39.6 Å². The largest absolute Gasteiger partial charge is 0.462 e. The standard InChI is InChI=1S/C22H32N4O2S2/c1-5-26-13-17(15(4)25-26)14(3)23-22(29)24-20-19(21(27)28-6-2)16-11-9-7-8-10-12-18(16)30-20/h13-14H,5-12H2,1-4H3,(H2,23,24,29). The molecule has 1 aliphatic rings. The highest BCUT2D eigenvalue weighted by Crippen LogP contribution is 2.37. The summed E-state index contributed by atoms with van der Waals surface area (Å²) >= 11 is 7.25. The van der Waals surface area contributed by atoms with E-state index in [2.05, 4.69) is 35.8 Å². The van der Waals surface area contributed by atoms with Gasteiger partial charge in [0.25, 0.3) is 0 Å². The molecule has 0 spiro atoms. The Morgan fingerprint density at radius 2 is 2.03 bits per heavy atom. The number of hydrogen-bond donors (Lipinski definition) is 2. The number of carbonyl (C=O) groups excluding carboxylic acids is 1. The number of hydrogen-bond acceptors (Lipinski definition) is 5. The first-order valence-electron chi connectivity index (χ1n) is 10.9. The van der Waals surface area contributed by atoms with Crippen LogP contribution in [0.1, 0.15) is 84.6 Å². The summed E-state index contributed by atoms with van der Waals surface area (Å²) < 4.78 is 7.31. The van der Waals surface area contributed by atoms with Crippen LogP contribution in [0.5, 0.6) is 0 Å². The van der Waals surface area contributed by atoms with Crippen LogP contribution in [0.15, 0.2) is 6.20 Å². The number of nitrogens with zero attached hydrogens (tertiary/aromatic N) is 2. The predicted octanol–water partition coefficient (Wildman–Crippen LogP) is 5.16. The van der Waals surface area contributed by atoms with Crippen LogP contribution in [0.3, 0.4) is 0 Å². The lowest BCUT2D eigenvalue weighted by atomic mass is 9.96. The predicted molar refractivity (Wildman–Crippen MR) is 127 cm³/mol. The Kier molecular flexibility index (Phi) is 7.88. The SMILES string of the molecule is CCOC(=O)c1c(NC(=S)NC(C)c2cn(CC)nc2C)sc2c1CCCCCC2. The van der Waals surface area contributed by atoms with Crippen LogP contribution in [-0.2, 0) is 24.1 Å². The van der Waals surface area contributed by atoms with E-state index < -0.39 is 0 Å². The van der Waals surface area contributed by atoms with E-state index in [9.17, 15) is 4.79 Å². The second-order valence-electron chi connectivity index (χ2n) is 7.69. The molecule has 2 N–H and O–H groups in total. The third-order valence-corrected chi connectivity index (χ3v) is 6.93. The third kappa shape index (κ3) is 5.21. The first-order valence-corrected chi connectivity index (χ1v) is 12.1. The highest BCUT2D eigenvalue weighted by molar-refractivity contribution is 7.80. The molecule has 3 rings (SSSR count). The van der Waals surface area contributed by atoms with Gasteiger partial charge in [-0.05, 0) is 71.2 Å². The summed E-state index contributed by atoms with van der Waals surface area (Å²) in [5, 5.41) is 12.5. The topological polar surface area (TPSA) is 68.2 Å². The molecule has 0 aliphatic heterocycles. The summed E-state index contributed by atoms with van der Waals surface area (Å²) in [6, 6.07) is 0.0114. The molecule has 2 aromatic heterocycles. The fraction of sp³-hybridized carbons (Fsp3) is 0.591. The number of fused-ring (bicyclic) bond motifs is 1. The van der Waals surface area contributed by atoms with Crippen LogP contribution in [0.25, 0.3) is 0 Å². The maximum Gasteiger partial charge on any atom is 0.341 e. The zero-order chi connectivity index (χ0) is 21.7. The number of aryl methyl sites for hydroxylation is 3. The number of thiophene rings is 1. The number of anilines is 1. The van der Waals surface area contributed by atoms with Gasteiger partial charge in [0.2, 0.25) is 0 Å². The van der Waals surface area contributed by atoms with Gasteiger partial charge in [-0.3, -0.25) is 4.68 Å². The summed E-state index contributed by atoms with van der Waals surface area (Å²) in [6.45, 7) is 9.18. The zero-order valence-electron chi connectivity index (χ0n) is 18.3. The second kappa shape index (κ2) is 10.4. The van der Waals surface area contributed by atoms with Crippen molar-refractivity contribution in [1.29, 1.82) is 0 Å². The molecule has 1 unspecified atom stereocenters. The maximum atomic E-state index is 12.8. The normalized spacial score (nSPS) is 14.9. The van der Waals surface area contributed by atoms with Crippen molar-refractivity contribution in [3.8, 4) is 0 Å². The monoisotopic (exact) mass is 448 g/mol. The lowest BCUT2D eigenvalue weighted by Gasteiger charge is -2.17. The number of thiocarbonyl (C=S) groups is 1. The summed E-state index contributed by atoms with van der Waals surface area (Å²) in [4.78, 5) is 14.1. The summed E-state index contributed by atoms with van der Waals surface area (Å²) in [5.74, 6) is -0.256. The van der Waals surface area contributed by atoms with Crippen LogP contribution in [0, 0.1) is 6.92 Å². The van der Waals surface area contributed by atoms with Crippen LogP contribution in [0.4, 0.5) is 5.00 Å².